The number of aromatic nitrogens is 2. The molecule has 0 radical (unpaired) electrons. The van der Waals surface area contributed by atoms with E-state index < -0.39 is 32.7 Å². The number of carbonyl (C=O) groups is 1. The summed E-state index contributed by atoms with van der Waals surface area (Å²) < 4.78 is 28.9. The number of rotatable bonds is 9. The van der Waals surface area contributed by atoms with E-state index in [9.17, 15) is 33.5 Å². The number of nitrogens with zero attached hydrogens (tertiary/aromatic N) is 2. The van der Waals surface area contributed by atoms with Crippen LogP contribution < -0.4 is 10.6 Å². The Hall–Kier alpha value is -2.99. The molecule has 194 valence electrons. The average molecular weight is 564 g/mol. The predicted octanol–water partition coefficient (Wildman–Crippen LogP) is 3.74. The normalized spacial score (nSPS) is 13.0. The maximum atomic E-state index is 12.9. The van der Waals surface area contributed by atoms with Crippen LogP contribution in [0.3, 0.4) is 0 Å². The van der Waals surface area contributed by atoms with Gasteiger partial charge in [0.1, 0.15) is 10.6 Å². The molecule has 0 aliphatic rings. The molecule has 0 saturated heterocycles. The van der Waals surface area contributed by atoms with Crippen LogP contribution in [-0.4, -0.2) is 48.1 Å². The maximum absolute atomic E-state index is 12.9. The second-order valence-electron chi connectivity index (χ2n) is 7.83. The Morgan fingerprint density at radius 1 is 0.973 bits per heavy atom. The van der Waals surface area contributed by atoms with E-state index in [2.05, 4.69) is 20.6 Å². The number of nitrogens with one attached hydrogen (secondary N) is 2. The maximum Gasteiger partial charge on any atom is 0.360 e. The summed E-state index contributed by atoms with van der Waals surface area (Å²) in [5.41, 5.74) is -0.965. The van der Waals surface area contributed by atoms with Gasteiger partial charge in [0, 0.05) is 18.4 Å². The van der Waals surface area contributed by atoms with Crippen LogP contribution in [0, 0.1) is 0 Å². The quantitative estimate of drug-likeness (QED) is 0.162. The van der Waals surface area contributed by atoms with Gasteiger partial charge in [0.05, 0.1) is 5.39 Å². The highest BCUT2D eigenvalue weighted by atomic mass is 32.1. The first-order chi connectivity index (χ1) is 17.5. The van der Waals surface area contributed by atoms with E-state index in [1.54, 1.807) is 60.0 Å². The number of ether oxygens (including phenoxy) is 1. The number of hydrogen-bond donors (Lipinski definition) is 6. The van der Waals surface area contributed by atoms with Crippen LogP contribution in [0.2, 0.25) is 0 Å². The summed E-state index contributed by atoms with van der Waals surface area (Å²) in [5, 5.41) is 7.00. The molecule has 1 amide bonds. The van der Waals surface area contributed by atoms with Crippen LogP contribution in [0.4, 0.5) is 11.5 Å². The highest BCUT2D eigenvalue weighted by Crippen LogP contribution is 2.59. The van der Waals surface area contributed by atoms with Crippen LogP contribution in [0.25, 0.3) is 21.6 Å². The van der Waals surface area contributed by atoms with Crippen LogP contribution in [0.1, 0.15) is 11.7 Å². The minimum absolute atomic E-state index is 0.107. The zero-order chi connectivity index (χ0) is 26.8. The van der Waals surface area contributed by atoms with E-state index in [4.69, 9.17) is 4.74 Å². The molecule has 6 N–H and O–H groups in total. The van der Waals surface area contributed by atoms with E-state index >= 15 is 0 Å². The molecule has 2 heterocycles. The third kappa shape index (κ3) is 6.30. The highest BCUT2D eigenvalue weighted by molar-refractivity contribution is 7.71. The number of amides is 1. The summed E-state index contributed by atoms with van der Waals surface area (Å²) in [6, 6.07) is 17.1. The lowest BCUT2D eigenvalue weighted by Crippen LogP contribution is -2.22. The van der Waals surface area contributed by atoms with E-state index in [0.717, 1.165) is 0 Å². The van der Waals surface area contributed by atoms with Crippen molar-refractivity contribution in [3.8, 4) is 11.4 Å². The first-order valence-electron chi connectivity index (χ1n) is 10.6. The zero-order valence-electron chi connectivity index (χ0n) is 19.1. The van der Waals surface area contributed by atoms with E-state index in [1.165, 1.54) is 18.4 Å². The van der Waals surface area contributed by atoms with Crippen molar-refractivity contribution in [2.45, 2.75) is 11.6 Å². The molecule has 12 nitrogen and oxygen atoms in total. The van der Waals surface area contributed by atoms with Crippen molar-refractivity contribution in [2.75, 3.05) is 17.7 Å². The molecule has 4 rings (SSSR count). The lowest BCUT2D eigenvalue weighted by atomic mass is 10.1. The van der Waals surface area contributed by atoms with Gasteiger partial charge in [-0.3, -0.25) is 13.9 Å². The van der Waals surface area contributed by atoms with Gasteiger partial charge in [-0.15, -0.1) is 11.3 Å². The number of methoxy groups -OCH3 is 1. The fourth-order valence-corrected chi connectivity index (χ4v) is 6.46. The lowest BCUT2D eigenvalue weighted by Gasteiger charge is -2.21. The number of hydrogen-bond acceptors (Lipinski definition) is 8. The third-order valence-corrected chi connectivity index (χ3v) is 9.34. The van der Waals surface area contributed by atoms with Gasteiger partial charge >= 0.3 is 15.2 Å². The van der Waals surface area contributed by atoms with Crippen molar-refractivity contribution in [3.63, 3.8) is 0 Å². The number of benzene rings is 2. The molecule has 0 saturated carbocycles. The average Bonchev–Trinajstić information content (AvgIpc) is 3.31. The molecule has 0 aliphatic carbocycles. The third-order valence-electron chi connectivity index (χ3n) is 5.19. The van der Waals surface area contributed by atoms with Gasteiger partial charge in [-0.25, -0.2) is 9.97 Å². The van der Waals surface area contributed by atoms with Crippen molar-refractivity contribution in [3.05, 3.63) is 71.6 Å². The summed E-state index contributed by atoms with van der Waals surface area (Å²) in [6.45, 7) is 0. The molecular weight excluding hydrogens is 542 g/mol. The van der Waals surface area contributed by atoms with Crippen LogP contribution >= 0.6 is 26.5 Å². The Labute approximate surface area is 214 Å². The fourth-order valence-electron chi connectivity index (χ4n) is 3.55. The molecule has 15 heteroatoms. The van der Waals surface area contributed by atoms with E-state index in [1.807, 2.05) is 6.07 Å². The summed E-state index contributed by atoms with van der Waals surface area (Å²) in [6.07, 6.45) is -0.850. The largest absolute Gasteiger partial charge is 0.367 e. The second kappa shape index (κ2) is 10.8. The highest BCUT2D eigenvalue weighted by Gasteiger charge is 2.44. The predicted molar refractivity (Wildman–Crippen MR) is 139 cm³/mol. The Kier molecular flexibility index (Phi) is 7.88. The SMILES string of the molecule is CO[C@@H](C(=O)Nc1cccc(-c2nc(NC(P(=O)(O)O)P(=O)(O)O)c3ccsc3n2)c1)c1ccccc1. The molecule has 0 aliphatic heterocycles. The molecule has 1 atom stereocenters. The smallest absolute Gasteiger partial charge is 0.360 e. The van der Waals surface area contributed by atoms with Gasteiger partial charge in [-0.05, 0) is 29.1 Å². The van der Waals surface area contributed by atoms with Gasteiger partial charge in [0.2, 0.25) is 5.52 Å². The number of thiophene rings is 1. The Morgan fingerprint density at radius 3 is 2.32 bits per heavy atom. The van der Waals surface area contributed by atoms with Crippen molar-refractivity contribution < 1.29 is 38.2 Å². The number of anilines is 2. The van der Waals surface area contributed by atoms with Gasteiger partial charge in [0.25, 0.3) is 5.91 Å². The van der Waals surface area contributed by atoms with Crippen molar-refractivity contribution in [2.24, 2.45) is 0 Å². The van der Waals surface area contributed by atoms with Gasteiger partial charge in [-0.2, -0.15) is 0 Å². The molecule has 37 heavy (non-hydrogen) atoms. The van der Waals surface area contributed by atoms with Crippen LogP contribution in [-0.2, 0) is 18.7 Å². The molecule has 2 aromatic carbocycles. The van der Waals surface area contributed by atoms with Crippen LogP contribution in [0.15, 0.2) is 66.0 Å². The minimum Gasteiger partial charge on any atom is -0.367 e. The Morgan fingerprint density at radius 2 is 1.68 bits per heavy atom. The first-order valence-corrected chi connectivity index (χ1v) is 14.8. The fraction of sp³-hybridized carbons (Fsp3) is 0.136. The number of fused-ring (bicyclic) bond motifs is 1. The molecule has 0 unspecified atom stereocenters. The van der Waals surface area contributed by atoms with Gasteiger partial charge in [0.15, 0.2) is 11.9 Å². The summed E-state index contributed by atoms with van der Waals surface area (Å²) in [7, 11) is -9.10. The molecule has 0 fully saturated rings. The Balaban J connectivity index is 1.67. The molecular formula is C22H22N4O8P2S. The van der Waals surface area contributed by atoms with Crippen molar-refractivity contribution in [1.82, 2.24) is 9.97 Å². The molecule has 4 aromatic rings. The summed E-state index contributed by atoms with van der Waals surface area (Å²) in [4.78, 5) is 60.1. The monoisotopic (exact) mass is 564 g/mol. The zero-order valence-corrected chi connectivity index (χ0v) is 21.7. The number of carbonyl (C=O) groups excluding carboxylic acids is 1. The van der Waals surface area contributed by atoms with Crippen molar-refractivity contribution >= 4 is 54.2 Å². The van der Waals surface area contributed by atoms with E-state index in [0.29, 0.717) is 27.0 Å². The van der Waals surface area contributed by atoms with Gasteiger partial charge < -0.3 is 34.9 Å². The second-order valence-corrected chi connectivity index (χ2v) is 12.5. The van der Waals surface area contributed by atoms with Crippen LogP contribution in [0.5, 0.6) is 0 Å². The molecule has 2 aromatic heterocycles. The summed E-state index contributed by atoms with van der Waals surface area (Å²) in [5.74, 6) is -0.458. The summed E-state index contributed by atoms with van der Waals surface area (Å²) >= 11 is 1.21. The molecule has 0 bridgehead atoms. The van der Waals surface area contributed by atoms with Crippen molar-refractivity contribution in [1.29, 1.82) is 0 Å². The standard InChI is InChI=1S/C22H22N4O8P2S/c1-34-17(13-6-3-2-4-7-13)20(27)23-15-9-5-8-14(12-15)18-24-19(16-10-11-37-21(16)25-18)26-22(35(28,29)30)36(31,32)33/h2-12,17,22H,1H3,(H,23,27)(H,24,25,26)(H2,28,29,30)(H2,31,32,33)/t17-/m1/s1. The lowest BCUT2D eigenvalue weighted by molar-refractivity contribution is -0.126. The van der Waals surface area contributed by atoms with Gasteiger partial charge in [-0.1, -0.05) is 42.5 Å². The first kappa shape index (κ1) is 27.1. The molecule has 0 spiro atoms. The minimum atomic E-state index is -5.26. The van der Waals surface area contributed by atoms with E-state index in [-0.39, 0.29) is 11.6 Å². The Bertz CT molecular complexity index is 1500. The topological polar surface area (TPSA) is 191 Å².